The molecule has 3 rings (SSSR count). The highest BCUT2D eigenvalue weighted by atomic mass is 79.9. The van der Waals surface area contributed by atoms with Crippen molar-refractivity contribution in [2.45, 2.75) is 24.9 Å². The van der Waals surface area contributed by atoms with Gasteiger partial charge in [-0.2, -0.15) is 5.26 Å². The number of urea groups is 1. The maximum absolute atomic E-state index is 12.2. The van der Waals surface area contributed by atoms with Crippen molar-refractivity contribution >= 4 is 27.9 Å². The van der Waals surface area contributed by atoms with Gasteiger partial charge in [0.05, 0.1) is 6.07 Å². The Hall–Kier alpha value is -2.07. The van der Waals surface area contributed by atoms with Gasteiger partial charge in [-0.15, -0.1) is 0 Å². The molecular weight excluding hydrogens is 360 g/mol. The minimum Gasteiger partial charge on any atom is -0.335 e. The van der Waals surface area contributed by atoms with Gasteiger partial charge in [0.15, 0.2) is 0 Å². The summed E-state index contributed by atoms with van der Waals surface area (Å²) in [5, 5.41) is 12.0. The van der Waals surface area contributed by atoms with Crippen molar-refractivity contribution < 1.29 is 9.59 Å². The maximum atomic E-state index is 12.2. The second-order valence-corrected chi connectivity index (χ2v) is 6.73. The SMILES string of the molecule is N#CC(NC(=O)CN1CCN(C2CC2)C1=O)c1cccc(Br)c1. The number of carbonyl (C=O) groups is 2. The monoisotopic (exact) mass is 376 g/mol. The molecule has 1 heterocycles. The van der Waals surface area contributed by atoms with Crippen molar-refractivity contribution in [3.05, 3.63) is 34.3 Å². The fourth-order valence-electron chi connectivity index (χ4n) is 2.73. The highest BCUT2D eigenvalue weighted by Gasteiger charge is 2.39. The van der Waals surface area contributed by atoms with E-state index in [-0.39, 0.29) is 18.5 Å². The number of nitrogens with zero attached hydrogens (tertiary/aromatic N) is 3. The second kappa shape index (κ2) is 6.59. The summed E-state index contributed by atoms with van der Waals surface area (Å²) in [5.74, 6) is -0.317. The summed E-state index contributed by atoms with van der Waals surface area (Å²) in [4.78, 5) is 27.8. The molecule has 1 unspecified atom stereocenters. The first-order valence-corrected chi connectivity index (χ1v) is 8.38. The fraction of sp³-hybridized carbons (Fsp3) is 0.438. The third-order valence-corrected chi connectivity index (χ3v) is 4.56. The summed E-state index contributed by atoms with van der Waals surface area (Å²) in [5.41, 5.74) is 0.711. The van der Waals surface area contributed by atoms with Gasteiger partial charge in [-0.1, -0.05) is 28.1 Å². The molecule has 1 aliphatic heterocycles. The predicted octanol–water partition coefficient (Wildman–Crippen LogP) is 2.03. The highest BCUT2D eigenvalue weighted by Crippen LogP contribution is 2.29. The van der Waals surface area contributed by atoms with Crippen LogP contribution >= 0.6 is 15.9 Å². The lowest BCUT2D eigenvalue weighted by Gasteiger charge is -2.19. The third-order valence-electron chi connectivity index (χ3n) is 4.07. The van der Waals surface area contributed by atoms with Gasteiger partial charge in [-0.25, -0.2) is 4.79 Å². The number of hydrogen-bond donors (Lipinski definition) is 1. The number of amides is 3. The Kier molecular flexibility index (Phi) is 4.53. The quantitative estimate of drug-likeness (QED) is 0.853. The molecule has 23 heavy (non-hydrogen) atoms. The molecule has 1 aromatic carbocycles. The van der Waals surface area contributed by atoms with Crippen LogP contribution in [0, 0.1) is 11.3 Å². The molecule has 7 heteroatoms. The summed E-state index contributed by atoms with van der Waals surface area (Å²) in [6, 6.07) is 8.90. The summed E-state index contributed by atoms with van der Waals surface area (Å²) < 4.78 is 0.847. The summed E-state index contributed by atoms with van der Waals surface area (Å²) in [6.45, 7) is 1.25. The van der Waals surface area contributed by atoms with Gasteiger partial charge in [0, 0.05) is 23.6 Å². The molecule has 0 radical (unpaired) electrons. The van der Waals surface area contributed by atoms with Crippen LogP contribution in [0.2, 0.25) is 0 Å². The lowest BCUT2D eigenvalue weighted by Crippen LogP contribution is -2.41. The molecule has 0 aromatic heterocycles. The van der Waals surface area contributed by atoms with E-state index in [0.717, 1.165) is 17.3 Å². The molecule has 120 valence electrons. The van der Waals surface area contributed by atoms with Crippen LogP contribution in [0.1, 0.15) is 24.4 Å². The lowest BCUT2D eigenvalue weighted by atomic mass is 10.1. The highest BCUT2D eigenvalue weighted by molar-refractivity contribution is 9.10. The number of hydrogen-bond acceptors (Lipinski definition) is 3. The van der Waals surface area contributed by atoms with Gasteiger partial charge < -0.3 is 15.1 Å². The third kappa shape index (κ3) is 3.64. The van der Waals surface area contributed by atoms with E-state index in [1.165, 1.54) is 0 Å². The molecule has 1 saturated carbocycles. The van der Waals surface area contributed by atoms with E-state index in [1.54, 1.807) is 17.0 Å². The average molecular weight is 377 g/mol. The van der Waals surface area contributed by atoms with Crippen LogP contribution in [0.25, 0.3) is 0 Å². The van der Waals surface area contributed by atoms with Crippen molar-refractivity contribution in [2.24, 2.45) is 0 Å². The number of rotatable bonds is 5. The summed E-state index contributed by atoms with van der Waals surface area (Å²) >= 11 is 3.35. The number of carbonyl (C=O) groups excluding carboxylic acids is 2. The predicted molar refractivity (Wildman–Crippen MR) is 87.3 cm³/mol. The Morgan fingerprint density at radius 3 is 2.87 bits per heavy atom. The van der Waals surface area contributed by atoms with Crippen LogP contribution in [-0.2, 0) is 4.79 Å². The number of nitriles is 1. The minimum absolute atomic E-state index is 0.00572. The van der Waals surface area contributed by atoms with Gasteiger partial charge in [0.25, 0.3) is 0 Å². The van der Waals surface area contributed by atoms with Gasteiger partial charge in [0.2, 0.25) is 5.91 Å². The molecule has 1 N–H and O–H groups in total. The van der Waals surface area contributed by atoms with E-state index < -0.39 is 6.04 Å². The smallest absolute Gasteiger partial charge is 0.320 e. The normalized spacial score (nSPS) is 18.7. The Morgan fingerprint density at radius 2 is 2.22 bits per heavy atom. The second-order valence-electron chi connectivity index (χ2n) is 5.81. The van der Waals surface area contributed by atoms with Crippen LogP contribution in [0.4, 0.5) is 4.79 Å². The molecule has 1 aliphatic carbocycles. The molecule has 1 atom stereocenters. The first kappa shape index (κ1) is 15.8. The first-order valence-electron chi connectivity index (χ1n) is 7.58. The minimum atomic E-state index is -0.725. The molecule has 3 amide bonds. The molecule has 2 aliphatic rings. The lowest BCUT2D eigenvalue weighted by molar-refractivity contribution is -0.122. The van der Waals surface area contributed by atoms with Gasteiger partial charge >= 0.3 is 6.03 Å². The topological polar surface area (TPSA) is 76.4 Å². The Balaban J connectivity index is 1.58. The maximum Gasteiger partial charge on any atom is 0.320 e. The zero-order valence-electron chi connectivity index (χ0n) is 12.5. The largest absolute Gasteiger partial charge is 0.335 e. The van der Waals surface area contributed by atoms with Crippen molar-refractivity contribution in [1.82, 2.24) is 15.1 Å². The van der Waals surface area contributed by atoms with Crippen LogP contribution in [-0.4, -0.2) is 47.4 Å². The molecule has 2 fully saturated rings. The first-order chi connectivity index (χ1) is 11.1. The molecule has 0 bridgehead atoms. The molecule has 6 nitrogen and oxygen atoms in total. The van der Waals surface area contributed by atoms with Crippen LogP contribution in [0.3, 0.4) is 0 Å². The standard InChI is InChI=1S/C16H17BrN4O2/c17-12-3-1-2-11(8-12)14(9-18)19-15(22)10-20-6-7-21(16(20)23)13-4-5-13/h1-3,8,13-14H,4-7,10H2,(H,19,22). The Bertz CT molecular complexity index is 668. The van der Waals surface area contributed by atoms with Crippen molar-refractivity contribution in [1.29, 1.82) is 5.26 Å². The van der Waals surface area contributed by atoms with Crippen molar-refractivity contribution in [2.75, 3.05) is 19.6 Å². The molecule has 1 aromatic rings. The van der Waals surface area contributed by atoms with E-state index in [0.29, 0.717) is 24.7 Å². The van der Waals surface area contributed by atoms with Crippen LogP contribution in [0.5, 0.6) is 0 Å². The summed E-state index contributed by atoms with van der Waals surface area (Å²) in [7, 11) is 0. The molecule has 0 spiro atoms. The number of benzene rings is 1. The van der Waals surface area contributed by atoms with Crippen molar-refractivity contribution in [3.8, 4) is 6.07 Å². The molecule has 1 saturated heterocycles. The van der Waals surface area contributed by atoms with Gasteiger partial charge in [-0.3, -0.25) is 4.79 Å². The van der Waals surface area contributed by atoms with Gasteiger partial charge in [-0.05, 0) is 30.5 Å². The number of nitrogens with one attached hydrogen (secondary N) is 1. The fourth-order valence-corrected chi connectivity index (χ4v) is 3.15. The van der Waals surface area contributed by atoms with E-state index in [1.807, 2.05) is 17.0 Å². The van der Waals surface area contributed by atoms with E-state index >= 15 is 0 Å². The Labute approximate surface area is 143 Å². The Morgan fingerprint density at radius 1 is 1.43 bits per heavy atom. The van der Waals surface area contributed by atoms with E-state index in [9.17, 15) is 14.9 Å². The number of halogens is 1. The van der Waals surface area contributed by atoms with Crippen molar-refractivity contribution in [3.63, 3.8) is 0 Å². The van der Waals surface area contributed by atoms with Crippen LogP contribution in [0.15, 0.2) is 28.7 Å². The zero-order chi connectivity index (χ0) is 16.4. The molecular formula is C16H17BrN4O2. The summed E-state index contributed by atoms with van der Waals surface area (Å²) in [6.07, 6.45) is 2.12. The van der Waals surface area contributed by atoms with E-state index in [4.69, 9.17) is 0 Å². The zero-order valence-corrected chi connectivity index (χ0v) is 14.1. The average Bonchev–Trinajstić information content (AvgIpc) is 3.31. The van der Waals surface area contributed by atoms with E-state index in [2.05, 4.69) is 27.3 Å². The van der Waals surface area contributed by atoms with Crippen LogP contribution < -0.4 is 5.32 Å². The van der Waals surface area contributed by atoms with Gasteiger partial charge in [0.1, 0.15) is 12.6 Å².